The second-order valence-electron chi connectivity index (χ2n) is 8.18. The number of hydrogen-bond acceptors (Lipinski definition) is 5. The number of amides is 3. The molecule has 0 radical (unpaired) electrons. The molecule has 1 aromatic heterocycles. The smallest absolute Gasteiger partial charge is 0.407 e. The minimum absolute atomic E-state index is 0.0251. The Kier molecular flexibility index (Phi) is 7.86. The Bertz CT molecular complexity index is 696. The van der Waals surface area contributed by atoms with Gasteiger partial charge < -0.3 is 20.7 Å². The summed E-state index contributed by atoms with van der Waals surface area (Å²) in [5.74, 6) is -0.0146. The summed E-state index contributed by atoms with van der Waals surface area (Å²) in [5, 5.41) is 8.69. The standard InChI is InChI=1S/C20H31N3O4S/c1-13(24)21-12-15-9-10-17(28-15)18(25)23-16-8-6-5-7-14(16)11-22-19(26)27-20(2,3)4/h9-10,14,16H,5-8,11-12H2,1-4H3,(H,21,24)(H,22,26)(H,23,25)/t14-,16+/m0/s1. The average Bonchev–Trinajstić information content (AvgIpc) is 3.07. The molecule has 1 aliphatic rings. The summed E-state index contributed by atoms with van der Waals surface area (Å²) in [6.07, 6.45) is 3.58. The second kappa shape index (κ2) is 9.91. The van der Waals surface area contributed by atoms with Gasteiger partial charge in [-0.05, 0) is 51.7 Å². The Morgan fingerprint density at radius 1 is 1.14 bits per heavy atom. The maximum atomic E-state index is 12.6. The van der Waals surface area contributed by atoms with E-state index in [9.17, 15) is 14.4 Å². The Labute approximate surface area is 170 Å². The Morgan fingerprint density at radius 3 is 2.54 bits per heavy atom. The van der Waals surface area contributed by atoms with Crippen LogP contribution in [0.3, 0.4) is 0 Å². The maximum absolute atomic E-state index is 12.6. The van der Waals surface area contributed by atoms with Crippen molar-refractivity contribution in [2.45, 2.75) is 71.6 Å². The summed E-state index contributed by atoms with van der Waals surface area (Å²) < 4.78 is 5.29. The predicted molar refractivity (Wildman–Crippen MR) is 109 cm³/mol. The quantitative estimate of drug-likeness (QED) is 0.672. The molecule has 0 bridgehead atoms. The van der Waals surface area contributed by atoms with Gasteiger partial charge in [-0.3, -0.25) is 9.59 Å². The molecule has 7 nitrogen and oxygen atoms in total. The molecule has 0 spiro atoms. The van der Waals surface area contributed by atoms with Gasteiger partial charge in [-0.25, -0.2) is 4.79 Å². The summed E-state index contributed by atoms with van der Waals surface area (Å²) in [5.41, 5.74) is -0.529. The minimum Gasteiger partial charge on any atom is -0.444 e. The Balaban J connectivity index is 1.88. The lowest BCUT2D eigenvalue weighted by Gasteiger charge is -2.32. The number of carbonyl (C=O) groups is 3. The normalized spacial score (nSPS) is 19.6. The summed E-state index contributed by atoms with van der Waals surface area (Å²) in [6.45, 7) is 7.87. The zero-order chi connectivity index (χ0) is 20.7. The molecule has 0 aromatic carbocycles. The summed E-state index contributed by atoms with van der Waals surface area (Å²) >= 11 is 1.38. The topological polar surface area (TPSA) is 96.5 Å². The molecular formula is C20H31N3O4S. The van der Waals surface area contributed by atoms with Crippen molar-refractivity contribution in [3.8, 4) is 0 Å². The van der Waals surface area contributed by atoms with E-state index in [2.05, 4.69) is 16.0 Å². The van der Waals surface area contributed by atoms with Crippen molar-refractivity contribution in [3.05, 3.63) is 21.9 Å². The van der Waals surface area contributed by atoms with E-state index >= 15 is 0 Å². The van der Waals surface area contributed by atoms with E-state index in [0.29, 0.717) is 18.0 Å². The van der Waals surface area contributed by atoms with Crippen LogP contribution in [0.1, 0.15) is 67.9 Å². The lowest BCUT2D eigenvalue weighted by atomic mass is 9.84. The van der Waals surface area contributed by atoms with Crippen molar-refractivity contribution in [2.24, 2.45) is 5.92 Å². The zero-order valence-electron chi connectivity index (χ0n) is 17.1. The van der Waals surface area contributed by atoms with Gasteiger partial charge in [0.05, 0.1) is 11.4 Å². The third kappa shape index (κ3) is 7.50. The van der Waals surface area contributed by atoms with E-state index in [-0.39, 0.29) is 23.8 Å². The first-order valence-corrected chi connectivity index (χ1v) is 10.6. The third-order valence-corrected chi connectivity index (χ3v) is 5.61. The fourth-order valence-electron chi connectivity index (χ4n) is 3.22. The molecule has 1 aliphatic carbocycles. The largest absolute Gasteiger partial charge is 0.444 e. The number of nitrogens with one attached hydrogen (secondary N) is 3. The molecule has 156 valence electrons. The SMILES string of the molecule is CC(=O)NCc1ccc(C(=O)N[C@@H]2CCCC[C@H]2CNC(=O)OC(C)(C)C)s1. The highest BCUT2D eigenvalue weighted by Gasteiger charge is 2.28. The van der Waals surface area contributed by atoms with Gasteiger partial charge >= 0.3 is 6.09 Å². The third-order valence-electron chi connectivity index (χ3n) is 4.53. The predicted octanol–water partition coefficient (Wildman–Crippen LogP) is 3.20. The lowest BCUT2D eigenvalue weighted by Crippen LogP contribution is -2.46. The molecule has 0 aliphatic heterocycles. The molecule has 0 unspecified atom stereocenters. The molecule has 1 heterocycles. The van der Waals surface area contributed by atoms with Crippen molar-refractivity contribution in [1.29, 1.82) is 0 Å². The minimum atomic E-state index is -0.529. The first-order chi connectivity index (χ1) is 13.1. The van der Waals surface area contributed by atoms with Gasteiger partial charge in [-0.1, -0.05) is 12.8 Å². The van der Waals surface area contributed by atoms with Crippen molar-refractivity contribution in [1.82, 2.24) is 16.0 Å². The Morgan fingerprint density at radius 2 is 1.86 bits per heavy atom. The zero-order valence-corrected chi connectivity index (χ0v) is 17.9. The molecule has 2 atom stereocenters. The average molecular weight is 410 g/mol. The van der Waals surface area contributed by atoms with Gasteiger partial charge in [0.15, 0.2) is 0 Å². The van der Waals surface area contributed by atoms with Crippen LogP contribution >= 0.6 is 11.3 Å². The second-order valence-corrected chi connectivity index (χ2v) is 9.35. The van der Waals surface area contributed by atoms with Crippen LogP contribution in [0.15, 0.2) is 12.1 Å². The number of alkyl carbamates (subject to hydrolysis) is 1. The van der Waals surface area contributed by atoms with Crippen LogP contribution in [0.5, 0.6) is 0 Å². The summed E-state index contributed by atoms with van der Waals surface area (Å²) in [4.78, 5) is 37.1. The number of rotatable bonds is 6. The Hall–Kier alpha value is -2.09. The molecule has 8 heteroatoms. The summed E-state index contributed by atoms with van der Waals surface area (Å²) in [6, 6.07) is 3.67. The van der Waals surface area contributed by atoms with E-state index in [1.54, 1.807) is 6.07 Å². The van der Waals surface area contributed by atoms with Crippen molar-refractivity contribution in [2.75, 3.05) is 6.54 Å². The van der Waals surface area contributed by atoms with E-state index in [0.717, 1.165) is 30.6 Å². The van der Waals surface area contributed by atoms with E-state index in [4.69, 9.17) is 4.74 Å². The number of ether oxygens (including phenoxy) is 1. The summed E-state index contributed by atoms with van der Waals surface area (Å²) in [7, 11) is 0. The van der Waals surface area contributed by atoms with Gasteiger partial charge in [0, 0.05) is 24.4 Å². The number of hydrogen-bond donors (Lipinski definition) is 3. The van der Waals surface area contributed by atoms with Crippen LogP contribution < -0.4 is 16.0 Å². The van der Waals surface area contributed by atoms with Crippen LogP contribution in [-0.2, 0) is 16.1 Å². The van der Waals surface area contributed by atoms with Crippen LogP contribution in [0.25, 0.3) is 0 Å². The first-order valence-electron chi connectivity index (χ1n) is 9.75. The molecule has 1 aromatic rings. The monoisotopic (exact) mass is 409 g/mol. The molecular weight excluding hydrogens is 378 g/mol. The maximum Gasteiger partial charge on any atom is 0.407 e. The number of carbonyl (C=O) groups excluding carboxylic acids is 3. The fraction of sp³-hybridized carbons (Fsp3) is 0.650. The fourth-order valence-corrected chi connectivity index (χ4v) is 4.07. The van der Waals surface area contributed by atoms with E-state index in [1.165, 1.54) is 18.3 Å². The molecule has 3 N–H and O–H groups in total. The lowest BCUT2D eigenvalue weighted by molar-refractivity contribution is -0.119. The molecule has 0 saturated heterocycles. The van der Waals surface area contributed by atoms with Crippen molar-refractivity contribution < 1.29 is 19.1 Å². The molecule has 2 rings (SSSR count). The van der Waals surface area contributed by atoms with Gasteiger partial charge in [-0.2, -0.15) is 0 Å². The van der Waals surface area contributed by atoms with Gasteiger partial charge in [0.1, 0.15) is 5.60 Å². The van der Waals surface area contributed by atoms with E-state index in [1.807, 2.05) is 26.8 Å². The van der Waals surface area contributed by atoms with Crippen molar-refractivity contribution >= 4 is 29.2 Å². The molecule has 28 heavy (non-hydrogen) atoms. The van der Waals surface area contributed by atoms with Gasteiger partial charge in [0.2, 0.25) is 5.91 Å². The highest BCUT2D eigenvalue weighted by molar-refractivity contribution is 7.14. The van der Waals surface area contributed by atoms with Gasteiger partial charge in [-0.15, -0.1) is 11.3 Å². The first kappa shape index (κ1) is 22.2. The number of thiophene rings is 1. The van der Waals surface area contributed by atoms with Crippen LogP contribution in [0.2, 0.25) is 0 Å². The molecule has 1 saturated carbocycles. The van der Waals surface area contributed by atoms with Crippen LogP contribution in [-0.4, -0.2) is 36.1 Å². The van der Waals surface area contributed by atoms with Crippen molar-refractivity contribution in [3.63, 3.8) is 0 Å². The van der Waals surface area contributed by atoms with Crippen LogP contribution in [0, 0.1) is 5.92 Å². The van der Waals surface area contributed by atoms with Crippen LogP contribution in [0.4, 0.5) is 4.79 Å². The molecule has 1 fully saturated rings. The van der Waals surface area contributed by atoms with E-state index < -0.39 is 11.7 Å². The molecule has 3 amide bonds. The highest BCUT2D eigenvalue weighted by Crippen LogP contribution is 2.25. The van der Waals surface area contributed by atoms with Gasteiger partial charge in [0.25, 0.3) is 5.91 Å². The highest BCUT2D eigenvalue weighted by atomic mass is 32.1.